The zero-order valence-electron chi connectivity index (χ0n) is 9.46. The van der Waals surface area contributed by atoms with Gasteiger partial charge in [-0.15, -0.1) is 0 Å². The predicted octanol–water partition coefficient (Wildman–Crippen LogP) is -0.100. The van der Waals surface area contributed by atoms with Gasteiger partial charge in [0.05, 0.1) is 17.1 Å². The third-order valence-corrected chi connectivity index (χ3v) is 3.07. The average Bonchev–Trinajstić information content (AvgIpc) is 2.84. The van der Waals surface area contributed by atoms with Crippen molar-refractivity contribution in [3.63, 3.8) is 0 Å². The number of aliphatic imine (C=N–C) groups is 1. The highest BCUT2D eigenvalue weighted by Gasteiger charge is 2.21. The number of fused-ring (bicyclic) bond motifs is 4. The molecule has 0 aromatic carbocycles. The fraction of sp³-hybridized carbons (Fsp3) is 0.0769. The Labute approximate surface area is 103 Å². The van der Waals surface area contributed by atoms with E-state index in [0.29, 0.717) is 6.67 Å². The predicted molar refractivity (Wildman–Crippen MR) is 66.9 cm³/mol. The lowest BCUT2D eigenvalue weighted by molar-refractivity contribution is 0.946. The summed E-state index contributed by atoms with van der Waals surface area (Å²) >= 11 is 0. The van der Waals surface area contributed by atoms with Gasteiger partial charge in [0, 0.05) is 29.4 Å². The molecule has 2 aromatic heterocycles. The van der Waals surface area contributed by atoms with Gasteiger partial charge in [-0.05, 0) is 18.2 Å². The van der Waals surface area contributed by atoms with Crippen molar-refractivity contribution in [3.8, 4) is 0 Å². The Hall–Kier alpha value is -2.56. The van der Waals surface area contributed by atoms with E-state index in [-0.39, 0.29) is 0 Å². The summed E-state index contributed by atoms with van der Waals surface area (Å²) in [7, 11) is 0. The Balaban J connectivity index is 2.22. The van der Waals surface area contributed by atoms with Crippen LogP contribution in [0.2, 0.25) is 0 Å². The van der Waals surface area contributed by atoms with Gasteiger partial charge >= 0.3 is 0 Å². The number of nitrogens with zero attached hydrogens (tertiary/aromatic N) is 4. The van der Waals surface area contributed by atoms with Crippen molar-refractivity contribution in [2.45, 2.75) is 0 Å². The van der Waals surface area contributed by atoms with Crippen LogP contribution in [-0.2, 0) is 0 Å². The van der Waals surface area contributed by atoms with E-state index in [2.05, 4.69) is 25.3 Å². The first-order chi connectivity index (χ1) is 8.93. The summed E-state index contributed by atoms with van der Waals surface area (Å²) in [6, 6.07) is 5.80. The summed E-state index contributed by atoms with van der Waals surface area (Å²) in [4.78, 5) is 17.6. The highest BCUT2D eigenvalue weighted by atomic mass is 15.1. The largest absolute Gasteiger partial charge is 0.364 e. The number of nitrogens with one attached hydrogen (secondary N) is 1. The zero-order chi connectivity index (χ0) is 11.9. The van der Waals surface area contributed by atoms with E-state index in [1.54, 1.807) is 18.6 Å². The van der Waals surface area contributed by atoms with Crippen molar-refractivity contribution in [1.29, 1.82) is 0 Å². The quantitative estimate of drug-likeness (QED) is 0.693. The van der Waals surface area contributed by atoms with Crippen LogP contribution in [0, 0.1) is 0 Å². The van der Waals surface area contributed by atoms with Gasteiger partial charge in [0.2, 0.25) is 0 Å². The third-order valence-electron chi connectivity index (χ3n) is 3.07. The Kier molecular flexibility index (Phi) is 1.82. The van der Waals surface area contributed by atoms with Crippen molar-refractivity contribution in [1.82, 2.24) is 15.3 Å². The Bertz CT molecular complexity index is 791. The first-order valence-corrected chi connectivity index (χ1v) is 5.70. The molecule has 0 atom stereocenters. The lowest BCUT2D eigenvalue weighted by Crippen LogP contribution is -2.33. The monoisotopic (exact) mass is 235 g/mol. The summed E-state index contributed by atoms with van der Waals surface area (Å²) < 4.78 is 0. The van der Waals surface area contributed by atoms with Gasteiger partial charge in [0.15, 0.2) is 5.49 Å². The number of pyridine rings is 2. The molecule has 18 heavy (non-hydrogen) atoms. The van der Waals surface area contributed by atoms with Crippen LogP contribution in [0.5, 0.6) is 0 Å². The molecule has 0 spiro atoms. The molecule has 5 heteroatoms. The van der Waals surface area contributed by atoms with Crippen LogP contribution in [0.1, 0.15) is 5.56 Å². The lowest BCUT2D eigenvalue weighted by Gasteiger charge is -2.03. The molecule has 4 rings (SSSR count). The second-order valence-corrected chi connectivity index (χ2v) is 4.10. The summed E-state index contributed by atoms with van der Waals surface area (Å²) in [5, 5.41) is 4.27. The molecule has 0 saturated carbocycles. The molecule has 4 heterocycles. The van der Waals surface area contributed by atoms with E-state index < -0.39 is 0 Å². The molecule has 0 saturated heterocycles. The molecule has 2 aliphatic heterocycles. The van der Waals surface area contributed by atoms with Crippen LogP contribution < -0.4 is 16.0 Å². The third kappa shape index (κ3) is 1.21. The molecular formula is C13H9N5. The molecular weight excluding hydrogens is 226 g/mol. The molecule has 2 aliphatic rings. The maximum Gasteiger partial charge on any atom is 0.161 e. The normalized spacial score (nSPS) is 15.6. The molecule has 1 N–H and O–H groups in total. The van der Waals surface area contributed by atoms with Gasteiger partial charge in [0.25, 0.3) is 0 Å². The van der Waals surface area contributed by atoms with Gasteiger partial charge in [-0.2, -0.15) is 0 Å². The molecule has 5 nitrogen and oxygen atoms in total. The molecule has 0 bridgehead atoms. The fourth-order valence-corrected chi connectivity index (χ4v) is 2.27. The summed E-state index contributed by atoms with van der Waals surface area (Å²) in [5.74, 6) is 0. The van der Waals surface area contributed by atoms with E-state index >= 15 is 0 Å². The van der Waals surface area contributed by atoms with E-state index in [0.717, 1.165) is 33.4 Å². The number of hydrogen-bond acceptors (Lipinski definition) is 5. The SMILES string of the molecule is c1cnc2c(c1)=C1NCN=C1c1cnccc1N=2. The summed E-state index contributed by atoms with van der Waals surface area (Å²) in [6.45, 7) is 0.591. The van der Waals surface area contributed by atoms with Gasteiger partial charge in [-0.25, -0.2) is 9.98 Å². The first-order valence-electron chi connectivity index (χ1n) is 5.70. The number of rotatable bonds is 0. The summed E-state index contributed by atoms with van der Waals surface area (Å²) in [6.07, 6.45) is 5.29. The average molecular weight is 235 g/mol. The summed E-state index contributed by atoms with van der Waals surface area (Å²) in [5.41, 5.74) is 4.46. The van der Waals surface area contributed by atoms with Gasteiger partial charge in [0.1, 0.15) is 6.67 Å². The molecule has 86 valence electrons. The molecule has 2 aromatic rings. The minimum atomic E-state index is 0.591. The topological polar surface area (TPSA) is 62.5 Å². The molecule has 0 radical (unpaired) electrons. The van der Waals surface area contributed by atoms with Crippen LogP contribution in [0.25, 0.3) is 5.70 Å². The second-order valence-electron chi connectivity index (χ2n) is 4.10. The molecule has 0 aliphatic carbocycles. The Morgan fingerprint density at radius 1 is 1.17 bits per heavy atom. The van der Waals surface area contributed by atoms with Crippen molar-refractivity contribution in [2.75, 3.05) is 6.67 Å². The maximum atomic E-state index is 4.59. The van der Waals surface area contributed by atoms with Crippen molar-refractivity contribution in [3.05, 3.63) is 53.1 Å². The van der Waals surface area contributed by atoms with Gasteiger partial charge in [-0.3, -0.25) is 9.98 Å². The standard InChI is InChI=1S/C13H9N5/c1-2-8-11-12(17-7-16-11)9-6-14-5-3-10(9)18-13(8)15-4-1/h1-6,16H,7H2. The van der Waals surface area contributed by atoms with Crippen LogP contribution in [0.3, 0.4) is 0 Å². The minimum absolute atomic E-state index is 0.591. The smallest absolute Gasteiger partial charge is 0.161 e. The van der Waals surface area contributed by atoms with E-state index in [1.165, 1.54) is 0 Å². The molecule has 0 amide bonds. The van der Waals surface area contributed by atoms with E-state index in [9.17, 15) is 0 Å². The van der Waals surface area contributed by atoms with Crippen molar-refractivity contribution >= 4 is 17.1 Å². The van der Waals surface area contributed by atoms with Gasteiger partial charge in [-0.1, -0.05) is 0 Å². The highest BCUT2D eigenvalue weighted by molar-refractivity contribution is 6.29. The molecule has 0 fully saturated rings. The molecule has 0 unspecified atom stereocenters. The first kappa shape index (κ1) is 9.47. The number of aromatic nitrogens is 2. The van der Waals surface area contributed by atoms with Crippen molar-refractivity contribution in [2.24, 2.45) is 9.98 Å². The lowest BCUT2D eigenvalue weighted by atomic mass is 10.1. The Morgan fingerprint density at radius 3 is 3.17 bits per heavy atom. The number of hydrogen-bond donors (Lipinski definition) is 1. The van der Waals surface area contributed by atoms with Crippen LogP contribution in [0.15, 0.2) is 46.8 Å². The van der Waals surface area contributed by atoms with Crippen LogP contribution in [0.4, 0.5) is 5.69 Å². The van der Waals surface area contributed by atoms with Gasteiger partial charge < -0.3 is 5.32 Å². The minimum Gasteiger partial charge on any atom is -0.364 e. The fourth-order valence-electron chi connectivity index (χ4n) is 2.27. The highest BCUT2D eigenvalue weighted by Crippen LogP contribution is 2.22. The maximum absolute atomic E-state index is 4.59. The van der Waals surface area contributed by atoms with E-state index in [4.69, 9.17) is 0 Å². The van der Waals surface area contributed by atoms with Crippen LogP contribution >= 0.6 is 0 Å². The Morgan fingerprint density at radius 2 is 2.17 bits per heavy atom. The van der Waals surface area contributed by atoms with E-state index in [1.807, 2.05) is 18.2 Å². The second kappa shape index (κ2) is 3.46. The van der Waals surface area contributed by atoms with Crippen molar-refractivity contribution < 1.29 is 0 Å². The van der Waals surface area contributed by atoms with Crippen LogP contribution in [-0.4, -0.2) is 22.3 Å². The zero-order valence-corrected chi connectivity index (χ0v) is 9.46.